The van der Waals surface area contributed by atoms with Gasteiger partial charge in [-0.25, -0.2) is 4.98 Å². The van der Waals surface area contributed by atoms with Gasteiger partial charge in [0.15, 0.2) is 6.29 Å². The third kappa shape index (κ3) is 1.73. The second-order valence-electron chi connectivity index (χ2n) is 3.68. The van der Waals surface area contributed by atoms with Crippen LogP contribution >= 0.6 is 11.6 Å². The summed E-state index contributed by atoms with van der Waals surface area (Å²) < 4.78 is 10.8. The number of aromatic nitrogens is 1. The number of hydrogen-bond acceptors (Lipinski definition) is 4. The summed E-state index contributed by atoms with van der Waals surface area (Å²) in [6.45, 7) is 0.993. The van der Waals surface area contributed by atoms with Crippen LogP contribution in [0.4, 0.5) is 0 Å². The smallest absolute Gasteiger partial charge is 0.150 e. The number of carbonyl (C=O) groups excluding carboxylic acids is 1. The van der Waals surface area contributed by atoms with Crippen molar-refractivity contribution in [3.05, 3.63) is 28.5 Å². The molecule has 1 aromatic heterocycles. The Bertz CT molecular complexity index is 402. The summed E-state index contributed by atoms with van der Waals surface area (Å²) in [6.07, 6.45) is 2.95. The van der Waals surface area contributed by atoms with Crippen molar-refractivity contribution in [1.82, 2.24) is 4.98 Å². The molecule has 0 bridgehead atoms. The van der Waals surface area contributed by atoms with Crippen molar-refractivity contribution in [2.75, 3.05) is 20.3 Å². The molecule has 1 aliphatic heterocycles. The molecule has 0 aliphatic carbocycles. The first-order valence-corrected chi connectivity index (χ1v) is 5.34. The molecule has 0 aromatic carbocycles. The zero-order valence-electron chi connectivity index (χ0n) is 8.90. The third-order valence-electron chi connectivity index (χ3n) is 2.90. The topological polar surface area (TPSA) is 48.4 Å². The Morgan fingerprint density at radius 2 is 2.50 bits per heavy atom. The highest BCUT2D eigenvalue weighted by molar-refractivity contribution is 6.30. The summed E-state index contributed by atoms with van der Waals surface area (Å²) >= 11 is 6.05. The van der Waals surface area contributed by atoms with Gasteiger partial charge in [-0.1, -0.05) is 11.6 Å². The average molecular weight is 242 g/mol. The fourth-order valence-corrected chi connectivity index (χ4v) is 2.34. The Kier molecular flexibility index (Phi) is 3.23. The van der Waals surface area contributed by atoms with Gasteiger partial charge in [-0.05, 0) is 6.07 Å². The molecule has 0 N–H and O–H groups in total. The Balaban J connectivity index is 2.56. The lowest BCUT2D eigenvalue weighted by Gasteiger charge is -2.27. The number of pyridine rings is 1. The van der Waals surface area contributed by atoms with E-state index in [2.05, 4.69) is 4.98 Å². The maximum Gasteiger partial charge on any atom is 0.150 e. The number of carbonyl (C=O) groups is 1. The quantitative estimate of drug-likeness (QED) is 0.598. The number of aldehydes is 1. The maximum absolute atomic E-state index is 11.0. The molecule has 4 nitrogen and oxygen atoms in total. The van der Waals surface area contributed by atoms with Crippen molar-refractivity contribution in [1.29, 1.82) is 0 Å². The van der Waals surface area contributed by atoms with Crippen molar-refractivity contribution >= 4 is 17.9 Å². The van der Waals surface area contributed by atoms with Gasteiger partial charge in [0.1, 0.15) is 10.8 Å². The lowest BCUT2D eigenvalue weighted by atomic mass is 9.90. The molecular weight excluding hydrogens is 230 g/mol. The van der Waals surface area contributed by atoms with Crippen molar-refractivity contribution < 1.29 is 14.3 Å². The average Bonchev–Trinajstić information content (AvgIpc) is 2.78. The van der Waals surface area contributed by atoms with Crippen LogP contribution < -0.4 is 0 Å². The van der Waals surface area contributed by atoms with Gasteiger partial charge in [-0.2, -0.15) is 0 Å². The molecule has 0 saturated carbocycles. The molecule has 5 heteroatoms. The first kappa shape index (κ1) is 11.5. The zero-order chi connectivity index (χ0) is 11.6. The highest BCUT2D eigenvalue weighted by Crippen LogP contribution is 2.38. The highest BCUT2D eigenvalue weighted by atomic mass is 35.5. The molecule has 0 amide bonds. The van der Waals surface area contributed by atoms with Crippen LogP contribution in [0, 0.1) is 0 Å². The summed E-state index contributed by atoms with van der Waals surface area (Å²) in [7, 11) is 1.59. The molecule has 2 heterocycles. The van der Waals surface area contributed by atoms with Crippen LogP contribution in [0.15, 0.2) is 12.3 Å². The summed E-state index contributed by atoms with van der Waals surface area (Å²) in [5.74, 6) is 0. The number of rotatable bonds is 3. The zero-order valence-corrected chi connectivity index (χ0v) is 9.66. The first-order valence-electron chi connectivity index (χ1n) is 4.96. The van der Waals surface area contributed by atoms with Crippen LogP contribution in [-0.2, 0) is 15.1 Å². The first-order chi connectivity index (χ1) is 7.73. The van der Waals surface area contributed by atoms with Gasteiger partial charge in [0.25, 0.3) is 0 Å². The fraction of sp³-hybridized carbons (Fsp3) is 0.455. The van der Waals surface area contributed by atoms with Gasteiger partial charge in [-0.3, -0.25) is 4.79 Å². The van der Waals surface area contributed by atoms with E-state index in [4.69, 9.17) is 21.1 Å². The molecule has 16 heavy (non-hydrogen) atoms. The predicted octanol–water partition coefficient (Wildman–Crippen LogP) is 1.81. The van der Waals surface area contributed by atoms with E-state index in [9.17, 15) is 4.79 Å². The number of hydrogen-bond donors (Lipinski definition) is 0. The second kappa shape index (κ2) is 4.49. The molecule has 1 aliphatic rings. The van der Waals surface area contributed by atoms with Crippen LogP contribution in [0.3, 0.4) is 0 Å². The van der Waals surface area contributed by atoms with Crippen molar-refractivity contribution in [3.8, 4) is 0 Å². The van der Waals surface area contributed by atoms with Gasteiger partial charge in [0.05, 0.1) is 6.61 Å². The van der Waals surface area contributed by atoms with Crippen molar-refractivity contribution in [3.63, 3.8) is 0 Å². The van der Waals surface area contributed by atoms with Crippen LogP contribution in [0.25, 0.3) is 0 Å². The standard InChI is InChI=1S/C11H12ClNO3/c1-15-11(3-5-16-7-11)9-8(6-14)2-4-13-10(9)12/h2,4,6H,3,5,7H2,1H3. The SMILES string of the molecule is COC1(c2c(C=O)ccnc2Cl)CCOC1. The minimum absolute atomic E-state index is 0.303. The molecule has 0 radical (unpaired) electrons. The molecule has 1 aromatic rings. The van der Waals surface area contributed by atoms with Crippen LogP contribution in [0.2, 0.25) is 5.15 Å². The van der Waals surface area contributed by atoms with Crippen LogP contribution in [0.5, 0.6) is 0 Å². The maximum atomic E-state index is 11.0. The Morgan fingerprint density at radius 1 is 1.69 bits per heavy atom. The van der Waals surface area contributed by atoms with Crippen LogP contribution in [-0.4, -0.2) is 31.6 Å². The number of nitrogens with zero attached hydrogens (tertiary/aromatic N) is 1. The molecule has 1 atom stereocenters. The minimum atomic E-state index is -0.637. The van der Waals surface area contributed by atoms with Gasteiger partial charge < -0.3 is 9.47 Å². The van der Waals surface area contributed by atoms with Gasteiger partial charge in [0, 0.05) is 37.5 Å². The van der Waals surface area contributed by atoms with E-state index >= 15 is 0 Å². The van der Waals surface area contributed by atoms with E-state index in [0.717, 1.165) is 6.29 Å². The minimum Gasteiger partial charge on any atom is -0.378 e. The molecule has 1 fully saturated rings. The second-order valence-corrected chi connectivity index (χ2v) is 4.04. The molecular formula is C11H12ClNO3. The number of methoxy groups -OCH3 is 1. The van der Waals surface area contributed by atoms with Crippen molar-refractivity contribution in [2.24, 2.45) is 0 Å². The molecule has 0 spiro atoms. The third-order valence-corrected chi connectivity index (χ3v) is 3.18. The number of ether oxygens (including phenoxy) is 2. The molecule has 2 rings (SSSR count). The van der Waals surface area contributed by atoms with E-state index in [1.807, 2.05) is 0 Å². The van der Waals surface area contributed by atoms with E-state index in [-0.39, 0.29) is 0 Å². The summed E-state index contributed by atoms with van der Waals surface area (Å²) in [4.78, 5) is 15.0. The Morgan fingerprint density at radius 3 is 3.06 bits per heavy atom. The lowest BCUT2D eigenvalue weighted by Crippen LogP contribution is -2.30. The van der Waals surface area contributed by atoms with Crippen molar-refractivity contribution in [2.45, 2.75) is 12.0 Å². The normalized spacial score (nSPS) is 24.6. The van der Waals surface area contributed by atoms with E-state index in [1.165, 1.54) is 6.20 Å². The number of halogens is 1. The summed E-state index contributed by atoms with van der Waals surface area (Å²) in [6, 6.07) is 1.63. The Hall–Kier alpha value is -0.970. The van der Waals surface area contributed by atoms with E-state index in [1.54, 1.807) is 13.2 Å². The monoisotopic (exact) mass is 241 g/mol. The summed E-state index contributed by atoms with van der Waals surface area (Å²) in [5.41, 5.74) is 0.501. The predicted molar refractivity (Wildman–Crippen MR) is 58.8 cm³/mol. The molecule has 1 saturated heterocycles. The van der Waals surface area contributed by atoms with Gasteiger partial charge >= 0.3 is 0 Å². The molecule has 1 unspecified atom stereocenters. The lowest BCUT2D eigenvalue weighted by molar-refractivity contribution is -0.0218. The Labute approximate surface area is 98.5 Å². The van der Waals surface area contributed by atoms with Crippen LogP contribution in [0.1, 0.15) is 22.3 Å². The van der Waals surface area contributed by atoms with Gasteiger partial charge in [0.2, 0.25) is 0 Å². The van der Waals surface area contributed by atoms with Gasteiger partial charge in [-0.15, -0.1) is 0 Å². The highest BCUT2D eigenvalue weighted by Gasteiger charge is 2.40. The largest absolute Gasteiger partial charge is 0.378 e. The van der Waals surface area contributed by atoms with E-state index < -0.39 is 5.60 Å². The van der Waals surface area contributed by atoms with E-state index in [0.29, 0.717) is 35.9 Å². The fourth-order valence-electron chi connectivity index (χ4n) is 2.01. The summed E-state index contributed by atoms with van der Waals surface area (Å²) in [5, 5.41) is 0.303. The molecule has 86 valence electrons.